The number of nitrogens with zero attached hydrogens (tertiary/aromatic N) is 2. The predicted octanol–water partition coefficient (Wildman–Crippen LogP) is 2.19. The highest BCUT2D eigenvalue weighted by atomic mass is 35.5. The van der Waals surface area contributed by atoms with Gasteiger partial charge in [-0.15, -0.1) is 12.4 Å². The summed E-state index contributed by atoms with van der Waals surface area (Å²) >= 11 is 0. The molecule has 2 aliphatic rings. The maximum Gasteiger partial charge on any atom is 0.241 e. The van der Waals surface area contributed by atoms with Crippen molar-refractivity contribution < 1.29 is 9.18 Å². The number of anilines is 1. The van der Waals surface area contributed by atoms with E-state index in [1.807, 2.05) is 6.92 Å². The molecular formula is C19H30ClFN4O. The average molecular weight is 385 g/mol. The Morgan fingerprint density at radius 3 is 2.77 bits per heavy atom. The van der Waals surface area contributed by atoms with Crippen molar-refractivity contribution in [2.24, 2.45) is 5.92 Å². The van der Waals surface area contributed by atoms with Crippen LogP contribution in [0.3, 0.4) is 0 Å². The van der Waals surface area contributed by atoms with E-state index in [0.29, 0.717) is 5.69 Å². The summed E-state index contributed by atoms with van der Waals surface area (Å²) in [4.78, 5) is 17.2. The second-order valence-electron chi connectivity index (χ2n) is 7.22. The number of amides is 1. The van der Waals surface area contributed by atoms with Crippen LogP contribution in [-0.2, 0) is 4.79 Å². The van der Waals surface area contributed by atoms with Gasteiger partial charge in [0, 0.05) is 38.4 Å². The minimum absolute atomic E-state index is 0. The van der Waals surface area contributed by atoms with E-state index in [2.05, 4.69) is 20.4 Å². The summed E-state index contributed by atoms with van der Waals surface area (Å²) in [6.07, 6.45) is 2.60. The van der Waals surface area contributed by atoms with Gasteiger partial charge in [0.05, 0.1) is 6.04 Å². The van der Waals surface area contributed by atoms with Crippen molar-refractivity contribution in [2.45, 2.75) is 25.8 Å². The van der Waals surface area contributed by atoms with Crippen molar-refractivity contribution in [2.75, 3.05) is 51.1 Å². The number of piperidine rings is 1. The van der Waals surface area contributed by atoms with Gasteiger partial charge in [0.1, 0.15) is 5.82 Å². The summed E-state index contributed by atoms with van der Waals surface area (Å²) in [5, 5.41) is 6.29. The van der Waals surface area contributed by atoms with Crippen molar-refractivity contribution in [1.29, 1.82) is 0 Å². The third-order valence-corrected chi connectivity index (χ3v) is 5.34. The molecule has 2 fully saturated rings. The van der Waals surface area contributed by atoms with E-state index in [1.165, 1.54) is 25.0 Å². The number of hydrogen-bond donors (Lipinski definition) is 2. The van der Waals surface area contributed by atoms with Gasteiger partial charge in [-0.25, -0.2) is 4.39 Å². The lowest BCUT2D eigenvalue weighted by molar-refractivity contribution is -0.121. The molecule has 2 heterocycles. The van der Waals surface area contributed by atoms with Crippen LogP contribution in [0, 0.1) is 11.7 Å². The van der Waals surface area contributed by atoms with Gasteiger partial charge in [-0.2, -0.15) is 0 Å². The van der Waals surface area contributed by atoms with Gasteiger partial charge >= 0.3 is 0 Å². The quantitative estimate of drug-likeness (QED) is 0.817. The lowest BCUT2D eigenvalue weighted by atomic mass is 9.99. The molecule has 2 aliphatic heterocycles. The van der Waals surface area contributed by atoms with Crippen molar-refractivity contribution >= 4 is 24.0 Å². The van der Waals surface area contributed by atoms with Crippen LogP contribution in [0.1, 0.15) is 19.8 Å². The van der Waals surface area contributed by atoms with Gasteiger partial charge in [-0.05, 0) is 57.0 Å². The number of halogens is 2. The molecule has 1 aromatic rings. The summed E-state index contributed by atoms with van der Waals surface area (Å²) < 4.78 is 13.2. The first-order valence-electron chi connectivity index (χ1n) is 9.35. The number of carbonyl (C=O) groups excluding carboxylic acids is 1. The highest BCUT2D eigenvalue weighted by molar-refractivity contribution is 5.94. The predicted molar refractivity (Wildman–Crippen MR) is 105 cm³/mol. The lowest BCUT2D eigenvalue weighted by Gasteiger charge is -2.39. The minimum atomic E-state index is -0.337. The van der Waals surface area contributed by atoms with Crippen LogP contribution in [0.15, 0.2) is 24.3 Å². The second-order valence-corrected chi connectivity index (χ2v) is 7.22. The van der Waals surface area contributed by atoms with Crippen LogP contribution < -0.4 is 10.6 Å². The Hall–Kier alpha value is -1.21. The molecule has 1 amide bonds. The fraction of sp³-hybridized carbons (Fsp3) is 0.632. The number of hydrogen-bond acceptors (Lipinski definition) is 4. The van der Waals surface area contributed by atoms with Gasteiger partial charge in [0.25, 0.3) is 0 Å². The van der Waals surface area contributed by atoms with Crippen LogP contribution in [0.4, 0.5) is 10.1 Å². The largest absolute Gasteiger partial charge is 0.325 e. The molecule has 26 heavy (non-hydrogen) atoms. The van der Waals surface area contributed by atoms with Crippen LogP contribution in [-0.4, -0.2) is 67.6 Å². The molecule has 0 spiro atoms. The van der Waals surface area contributed by atoms with Crippen LogP contribution in [0.25, 0.3) is 0 Å². The topological polar surface area (TPSA) is 47.6 Å². The zero-order chi connectivity index (χ0) is 17.6. The summed E-state index contributed by atoms with van der Waals surface area (Å²) in [5.41, 5.74) is 0.514. The molecule has 146 valence electrons. The third kappa shape index (κ3) is 5.91. The molecule has 0 bridgehead atoms. The third-order valence-electron chi connectivity index (χ3n) is 5.34. The Morgan fingerprint density at radius 1 is 1.35 bits per heavy atom. The normalized spacial score (nSPS) is 23.1. The van der Waals surface area contributed by atoms with Crippen molar-refractivity contribution in [3.8, 4) is 0 Å². The van der Waals surface area contributed by atoms with E-state index in [-0.39, 0.29) is 30.2 Å². The summed E-state index contributed by atoms with van der Waals surface area (Å²) in [7, 11) is 0. The number of carbonyl (C=O) groups is 1. The van der Waals surface area contributed by atoms with E-state index in [1.54, 1.807) is 12.1 Å². The fourth-order valence-electron chi connectivity index (χ4n) is 3.76. The molecule has 0 aromatic heterocycles. The van der Waals surface area contributed by atoms with Gasteiger partial charge in [0.2, 0.25) is 5.91 Å². The summed E-state index contributed by atoms with van der Waals surface area (Å²) in [6, 6.07) is 5.83. The van der Waals surface area contributed by atoms with Crippen LogP contribution in [0.5, 0.6) is 0 Å². The molecule has 0 saturated carbocycles. The summed E-state index contributed by atoms with van der Waals surface area (Å²) in [5.74, 6) is 0.348. The Bertz CT molecular complexity index is 574. The maximum atomic E-state index is 13.2. The highest BCUT2D eigenvalue weighted by Gasteiger charge is 2.27. The number of benzene rings is 1. The minimum Gasteiger partial charge on any atom is -0.325 e. The molecule has 0 radical (unpaired) electrons. The standard InChI is InChI=1S/C19H29FN4O.ClH/c1-15(19(25)22-18-6-2-5-17(20)12-18)24-10-8-23(9-11-24)14-16-4-3-7-21-13-16;/h2,5-6,12,15-16,21H,3-4,7-11,13-14H2,1H3,(H,22,25);1H. The molecule has 2 atom stereocenters. The number of rotatable bonds is 5. The van der Waals surface area contributed by atoms with E-state index in [4.69, 9.17) is 0 Å². The van der Waals surface area contributed by atoms with Crippen LogP contribution >= 0.6 is 12.4 Å². The fourth-order valence-corrected chi connectivity index (χ4v) is 3.76. The first-order valence-corrected chi connectivity index (χ1v) is 9.35. The van der Waals surface area contributed by atoms with Gasteiger partial charge in [-0.3, -0.25) is 9.69 Å². The van der Waals surface area contributed by atoms with Crippen LogP contribution in [0.2, 0.25) is 0 Å². The molecule has 5 nitrogen and oxygen atoms in total. The van der Waals surface area contributed by atoms with Crippen molar-refractivity contribution in [1.82, 2.24) is 15.1 Å². The van der Waals surface area contributed by atoms with E-state index in [0.717, 1.165) is 51.7 Å². The Morgan fingerprint density at radius 2 is 2.12 bits per heavy atom. The van der Waals surface area contributed by atoms with Gasteiger partial charge in [0.15, 0.2) is 0 Å². The molecule has 3 rings (SSSR count). The van der Waals surface area contributed by atoms with Gasteiger partial charge in [-0.1, -0.05) is 6.07 Å². The zero-order valence-electron chi connectivity index (χ0n) is 15.4. The smallest absolute Gasteiger partial charge is 0.241 e. The molecule has 7 heteroatoms. The van der Waals surface area contributed by atoms with Crippen molar-refractivity contribution in [3.05, 3.63) is 30.1 Å². The molecule has 2 unspecified atom stereocenters. The van der Waals surface area contributed by atoms with E-state index in [9.17, 15) is 9.18 Å². The van der Waals surface area contributed by atoms with Crippen molar-refractivity contribution in [3.63, 3.8) is 0 Å². The zero-order valence-corrected chi connectivity index (χ0v) is 16.2. The maximum absolute atomic E-state index is 13.2. The Balaban J connectivity index is 0.00000243. The average Bonchev–Trinajstić information content (AvgIpc) is 2.62. The number of piperazine rings is 1. The molecular weight excluding hydrogens is 355 g/mol. The molecule has 0 aliphatic carbocycles. The first-order chi connectivity index (χ1) is 12.1. The first kappa shape index (κ1) is 21.1. The Labute approximate surface area is 161 Å². The highest BCUT2D eigenvalue weighted by Crippen LogP contribution is 2.15. The molecule has 2 N–H and O–H groups in total. The van der Waals surface area contributed by atoms with E-state index < -0.39 is 0 Å². The lowest BCUT2D eigenvalue weighted by Crippen LogP contribution is -2.54. The van der Waals surface area contributed by atoms with Gasteiger partial charge < -0.3 is 15.5 Å². The molecule has 1 aromatic carbocycles. The summed E-state index contributed by atoms with van der Waals surface area (Å²) in [6.45, 7) is 9.19. The monoisotopic (exact) mass is 384 g/mol. The van der Waals surface area contributed by atoms with E-state index >= 15 is 0 Å². The molecule has 2 saturated heterocycles. The SMILES string of the molecule is CC(C(=O)Nc1cccc(F)c1)N1CCN(CC2CCCNC2)CC1.Cl. The number of nitrogens with one attached hydrogen (secondary N) is 2. The Kier molecular flexibility index (Phi) is 8.28. The second kappa shape index (κ2) is 10.2.